The molecule has 1 aliphatic carbocycles. The number of carbonyl (C=O) groups is 3. The highest BCUT2D eigenvalue weighted by molar-refractivity contribution is 6.01. The van der Waals surface area contributed by atoms with E-state index >= 15 is 0 Å². The lowest BCUT2D eigenvalue weighted by atomic mass is 9.92. The fourth-order valence-electron chi connectivity index (χ4n) is 3.83. The quantitative estimate of drug-likeness (QED) is 0.801. The maximum absolute atomic E-state index is 13.1. The summed E-state index contributed by atoms with van der Waals surface area (Å²) < 4.78 is 1.49. The van der Waals surface area contributed by atoms with Crippen molar-refractivity contribution < 1.29 is 14.4 Å². The van der Waals surface area contributed by atoms with Crippen molar-refractivity contribution in [3.8, 4) is 0 Å². The Kier molecular flexibility index (Phi) is 5.76. The number of hydrogen-bond donors (Lipinski definition) is 2. The van der Waals surface area contributed by atoms with E-state index in [1.165, 1.54) is 22.1 Å². The lowest BCUT2D eigenvalue weighted by molar-refractivity contribution is -0.133. The minimum absolute atomic E-state index is 0.0242. The summed E-state index contributed by atoms with van der Waals surface area (Å²) in [4.78, 5) is 39.8. The van der Waals surface area contributed by atoms with Crippen LogP contribution in [0.2, 0.25) is 0 Å². The number of rotatable bonds is 5. The number of hydrogen-bond acceptors (Lipinski definition) is 4. The third-order valence-corrected chi connectivity index (χ3v) is 6.15. The molecule has 2 heterocycles. The molecule has 1 fully saturated rings. The second-order valence-electron chi connectivity index (χ2n) is 8.30. The van der Waals surface area contributed by atoms with Gasteiger partial charge in [-0.05, 0) is 33.1 Å². The fraction of sp³-hybridized carbons (Fsp3) is 0.700. The molecule has 0 saturated heterocycles. The van der Waals surface area contributed by atoms with Crippen LogP contribution in [0, 0.1) is 0 Å². The highest BCUT2D eigenvalue weighted by Crippen LogP contribution is 2.27. The Balaban J connectivity index is 1.80. The zero-order valence-electron chi connectivity index (χ0n) is 17.2. The molecule has 3 amide bonds. The molecule has 2 unspecified atom stereocenters. The van der Waals surface area contributed by atoms with E-state index in [9.17, 15) is 14.4 Å². The Labute approximate surface area is 166 Å². The molecule has 1 aromatic heterocycles. The lowest BCUT2D eigenvalue weighted by Crippen LogP contribution is -2.63. The molecule has 1 saturated carbocycles. The van der Waals surface area contributed by atoms with E-state index in [4.69, 9.17) is 0 Å². The molecule has 0 spiro atoms. The van der Waals surface area contributed by atoms with Gasteiger partial charge in [0.25, 0.3) is 11.8 Å². The second-order valence-corrected chi connectivity index (χ2v) is 8.30. The Morgan fingerprint density at radius 1 is 1.32 bits per heavy atom. The fourth-order valence-corrected chi connectivity index (χ4v) is 3.83. The molecule has 2 atom stereocenters. The van der Waals surface area contributed by atoms with Crippen molar-refractivity contribution in [3.05, 3.63) is 17.5 Å². The predicted molar refractivity (Wildman–Crippen MR) is 105 cm³/mol. The van der Waals surface area contributed by atoms with Crippen molar-refractivity contribution in [3.63, 3.8) is 0 Å². The number of aromatic nitrogens is 2. The molecular formula is C20H31N5O3. The van der Waals surface area contributed by atoms with Gasteiger partial charge in [-0.25, -0.2) is 0 Å². The standard InChI is InChI=1S/C20H31N5O3/c1-5-13(2)21-17(26)15-11-16-18(27)24(4)20(3,12-25(16)23-15)19(28)22-14-9-7-6-8-10-14/h11,13-14H,5-10,12H2,1-4H3,(H,21,26)(H,22,28). The molecule has 2 aliphatic rings. The minimum atomic E-state index is -1.04. The third-order valence-electron chi connectivity index (χ3n) is 6.15. The van der Waals surface area contributed by atoms with Gasteiger partial charge in [0.15, 0.2) is 5.69 Å². The molecule has 28 heavy (non-hydrogen) atoms. The molecule has 1 aliphatic heterocycles. The van der Waals surface area contributed by atoms with Crippen LogP contribution in [-0.4, -0.2) is 57.1 Å². The second kappa shape index (κ2) is 7.93. The van der Waals surface area contributed by atoms with Gasteiger partial charge < -0.3 is 15.5 Å². The Hall–Kier alpha value is -2.38. The van der Waals surface area contributed by atoms with Crippen LogP contribution in [0.3, 0.4) is 0 Å². The van der Waals surface area contributed by atoms with Gasteiger partial charge in [0.05, 0.1) is 6.54 Å². The van der Waals surface area contributed by atoms with Gasteiger partial charge >= 0.3 is 0 Å². The summed E-state index contributed by atoms with van der Waals surface area (Å²) in [5, 5.41) is 10.3. The number of fused-ring (bicyclic) bond motifs is 1. The van der Waals surface area contributed by atoms with Gasteiger partial charge in [0.1, 0.15) is 11.2 Å². The average Bonchev–Trinajstić information content (AvgIpc) is 3.10. The molecule has 0 bridgehead atoms. The third kappa shape index (κ3) is 3.77. The maximum Gasteiger partial charge on any atom is 0.272 e. The lowest BCUT2D eigenvalue weighted by Gasteiger charge is -2.41. The van der Waals surface area contributed by atoms with E-state index in [-0.39, 0.29) is 42.0 Å². The molecule has 154 valence electrons. The zero-order valence-corrected chi connectivity index (χ0v) is 17.2. The first-order valence-corrected chi connectivity index (χ1v) is 10.2. The Bertz CT molecular complexity index is 768. The van der Waals surface area contributed by atoms with Crippen LogP contribution >= 0.6 is 0 Å². The van der Waals surface area contributed by atoms with Crippen molar-refractivity contribution in [2.75, 3.05) is 7.05 Å². The highest BCUT2D eigenvalue weighted by Gasteiger charge is 2.46. The summed E-state index contributed by atoms with van der Waals surface area (Å²) in [7, 11) is 1.64. The van der Waals surface area contributed by atoms with E-state index < -0.39 is 5.54 Å². The molecule has 2 N–H and O–H groups in total. The van der Waals surface area contributed by atoms with Crippen molar-refractivity contribution in [2.24, 2.45) is 0 Å². The molecule has 1 aromatic rings. The number of likely N-dealkylation sites (N-methyl/N-ethyl adjacent to an activating group) is 1. The van der Waals surface area contributed by atoms with Gasteiger partial charge in [-0.15, -0.1) is 0 Å². The number of nitrogens with zero attached hydrogens (tertiary/aromatic N) is 3. The molecule has 0 aromatic carbocycles. The minimum Gasteiger partial charge on any atom is -0.351 e. The van der Waals surface area contributed by atoms with Crippen LogP contribution in [0.15, 0.2) is 6.07 Å². The maximum atomic E-state index is 13.1. The van der Waals surface area contributed by atoms with Crippen LogP contribution in [0.25, 0.3) is 0 Å². The van der Waals surface area contributed by atoms with E-state index in [1.54, 1.807) is 14.0 Å². The van der Waals surface area contributed by atoms with Crippen LogP contribution in [-0.2, 0) is 11.3 Å². The Morgan fingerprint density at radius 3 is 2.64 bits per heavy atom. The molecule has 0 radical (unpaired) electrons. The van der Waals surface area contributed by atoms with E-state index in [2.05, 4.69) is 15.7 Å². The zero-order chi connectivity index (χ0) is 20.5. The summed E-state index contributed by atoms with van der Waals surface area (Å²) in [5.41, 5.74) is -0.508. The molecule has 3 rings (SSSR count). The van der Waals surface area contributed by atoms with E-state index in [1.807, 2.05) is 13.8 Å². The van der Waals surface area contributed by atoms with Gasteiger partial charge in [0.2, 0.25) is 5.91 Å². The van der Waals surface area contributed by atoms with Crippen molar-refractivity contribution in [1.29, 1.82) is 0 Å². The first kappa shape index (κ1) is 20.4. The van der Waals surface area contributed by atoms with Gasteiger partial charge in [-0.3, -0.25) is 19.1 Å². The summed E-state index contributed by atoms with van der Waals surface area (Å²) in [6.07, 6.45) is 6.21. The van der Waals surface area contributed by atoms with Crippen LogP contribution in [0.5, 0.6) is 0 Å². The van der Waals surface area contributed by atoms with Gasteiger partial charge in [0, 0.05) is 25.2 Å². The molecule has 8 heteroatoms. The molecule has 8 nitrogen and oxygen atoms in total. The summed E-state index contributed by atoms with van der Waals surface area (Å²) in [6, 6.07) is 1.70. The van der Waals surface area contributed by atoms with Crippen LogP contribution in [0.4, 0.5) is 0 Å². The SMILES string of the molecule is CCC(C)NC(=O)c1cc2n(n1)CC(C)(C(=O)NC1CCCCC1)N(C)C2=O. The van der Waals surface area contributed by atoms with Gasteiger partial charge in [-0.1, -0.05) is 26.2 Å². The smallest absolute Gasteiger partial charge is 0.272 e. The first-order chi connectivity index (χ1) is 13.3. The predicted octanol–water partition coefficient (Wildman–Crippen LogP) is 1.70. The first-order valence-electron chi connectivity index (χ1n) is 10.2. The largest absolute Gasteiger partial charge is 0.351 e. The normalized spacial score (nSPS) is 23.9. The topological polar surface area (TPSA) is 96.3 Å². The van der Waals surface area contributed by atoms with Crippen molar-refractivity contribution in [2.45, 2.75) is 83.5 Å². The highest BCUT2D eigenvalue weighted by atomic mass is 16.2. The monoisotopic (exact) mass is 389 g/mol. The van der Waals surface area contributed by atoms with E-state index in [0.717, 1.165) is 32.1 Å². The average molecular weight is 390 g/mol. The molecular weight excluding hydrogens is 358 g/mol. The summed E-state index contributed by atoms with van der Waals surface area (Å²) >= 11 is 0. The summed E-state index contributed by atoms with van der Waals surface area (Å²) in [6.45, 7) is 5.88. The van der Waals surface area contributed by atoms with Crippen LogP contribution in [0.1, 0.15) is 80.3 Å². The Morgan fingerprint density at radius 2 is 2.00 bits per heavy atom. The van der Waals surface area contributed by atoms with Crippen LogP contribution < -0.4 is 10.6 Å². The number of amides is 3. The van der Waals surface area contributed by atoms with E-state index in [0.29, 0.717) is 5.69 Å². The number of nitrogens with one attached hydrogen (secondary N) is 2. The van der Waals surface area contributed by atoms with Gasteiger partial charge in [-0.2, -0.15) is 5.10 Å². The number of carbonyl (C=O) groups excluding carboxylic acids is 3. The summed E-state index contributed by atoms with van der Waals surface area (Å²) in [5.74, 6) is -0.773. The van der Waals surface area contributed by atoms with Crippen molar-refractivity contribution >= 4 is 17.7 Å². The van der Waals surface area contributed by atoms with Crippen molar-refractivity contribution in [1.82, 2.24) is 25.3 Å².